The molecule has 0 spiro atoms. The van der Waals surface area contributed by atoms with Crippen LogP contribution in [-0.4, -0.2) is 50.3 Å². The molecule has 0 aliphatic rings. The normalized spacial score (nSPS) is 12.8. The van der Waals surface area contributed by atoms with E-state index >= 15 is 0 Å². The van der Waals surface area contributed by atoms with Gasteiger partial charge in [0.05, 0.1) is 0 Å². The molecule has 22 heavy (non-hydrogen) atoms. The smallest absolute Gasteiger partial charge is 0.00965 e. The van der Waals surface area contributed by atoms with Gasteiger partial charge in [0.15, 0.2) is 0 Å². The van der Waals surface area contributed by atoms with E-state index in [1.807, 2.05) is 0 Å². The lowest BCUT2D eigenvalue weighted by atomic mass is 10.1. The van der Waals surface area contributed by atoms with Crippen molar-refractivity contribution in [2.45, 2.75) is 78.3 Å². The van der Waals surface area contributed by atoms with Crippen LogP contribution in [0.5, 0.6) is 0 Å². The molecule has 0 saturated carbocycles. The zero-order valence-corrected chi connectivity index (χ0v) is 16.1. The molecule has 0 heterocycles. The topological polar surface area (TPSA) is 48.1 Å². The molecule has 0 rings (SSSR count). The van der Waals surface area contributed by atoms with E-state index in [1.165, 1.54) is 25.7 Å². The summed E-state index contributed by atoms with van der Waals surface area (Å²) in [6.45, 7) is 20.0. The minimum absolute atomic E-state index is 0.244. The monoisotopic (exact) mass is 314 g/mol. The van der Waals surface area contributed by atoms with Crippen LogP contribution in [0.15, 0.2) is 0 Å². The minimum atomic E-state index is 0.244. The Labute approximate surface area is 139 Å². The van der Waals surface area contributed by atoms with E-state index in [-0.39, 0.29) is 11.1 Å². The molecule has 0 atom stereocenters. The highest BCUT2D eigenvalue weighted by molar-refractivity contribution is 4.70. The maximum Gasteiger partial charge on any atom is 0.00965 e. The fourth-order valence-corrected chi connectivity index (χ4v) is 2.10. The number of hydrogen-bond acceptors (Lipinski definition) is 4. The summed E-state index contributed by atoms with van der Waals surface area (Å²) in [7, 11) is 0. The molecule has 0 aliphatic heterocycles. The highest BCUT2D eigenvalue weighted by atomic mass is 15.0. The van der Waals surface area contributed by atoms with E-state index in [9.17, 15) is 0 Å². The molecule has 4 nitrogen and oxygen atoms in total. The van der Waals surface area contributed by atoms with Gasteiger partial charge in [0, 0.05) is 11.1 Å². The van der Waals surface area contributed by atoms with Crippen molar-refractivity contribution in [3.8, 4) is 0 Å². The lowest BCUT2D eigenvalue weighted by Crippen LogP contribution is -2.37. The lowest BCUT2D eigenvalue weighted by Gasteiger charge is -2.20. The molecular formula is C18H42N4. The molecule has 4 heteroatoms. The third-order valence-electron chi connectivity index (χ3n) is 3.33. The van der Waals surface area contributed by atoms with Crippen LogP contribution in [0.25, 0.3) is 0 Å². The van der Waals surface area contributed by atoms with Crippen molar-refractivity contribution in [1.82, 2.24) is 21.3 Å². The Hall–Kier alpha value is -0.160. The van der Waals surface area contributed by atoms with E-state index in [1.54, 1.807) is 0 Å². The molecular weight excluding hydrogens is 272 g/mol. The van der Waals surface area contributed by atoms with Crippen LogP contribution in [0.3, 0.4) is 0 Å². The van der Waals surface area contributed by atoms with E-state index < -0.39 is 0 Å². The first-order chi connectivity index (χ1) is 10.2. The number of rotatable bonds is 13. The summed E-state index contributed by atoms with van der Waals surface area (Å²) in [4.78, 5) is 0. The van der Waals surface area contributed by atoms with Crippen molar-refractivity contribution in [2.24, 2.45) is 0 Å². The molecule has 0 aromatic rings. The van der Waals surface area contributed by atoms with Gasteiger partial charge < -0.3 is 21.3 Å². The predicted octanol–water partition coefficient (Wildman–Crippen LogP) is 2.50. The second-order valence-electron chi connectivity index (χ2n) is 8.27. The van der Waals surface area contributed by atoms with Gasteiger partial charge in [-0.15, -0.1) is 0 Å². The van der Waals surface area contributed by atoms with Crippen LogP contribution in [0, 0.1) is 0 Å². The van der Waals surface area contributed by atoms with Crippen molar-refractivity contribution in [3.63, 3.8) is 0 Å². The number of nitrogens with one attached hydrogen (secondary N) is 4. The van der Waals surface area contributed by atoms with Crippen molar-refractivity contribution < 1.29 is 0 Å². The fraction of sp³-hybridized carbons (Fsp3) is 1.00. The third-order valence-corrected chi connectivity index (χ3v) is 3.33. The second kappa shape index (κ2) is 12.3. The lowest BCUT2D eigenvalue weighted by molar-refractivity contribution is 0.416. The largest absolute Gasteiger partial charge is 0.317 e. The van der Waals surface area contributed by atoms with E-state index in [4.69, 9.17) is 0 Å². The van der Waals surface area contributed by atoms with Gasteiger partial charge in [-0.1, -0.05) is 0 Å². The summed E-state index contributed by atoms with van der Waals surface area (Å²) < 4.78 is 0. The van der Waals surface area contributed by atoms with E-state index in [0.717, 1.165) is 39.3 Å². The summed E-state index contributed by atoms with van der Waals surface area (Å²) >= 11 is 0. The van der Waals surface area contributed by atoms with E-state index in [0.29, 0.717) is 0 Å². The van der Waals surface area contributed by atoms with E-state index in [2.05, 4.69) is 62.8 Å². The van der Waals surface area contributed by atoms with Gasteiger partial charge in [0.25, 0.3) is 0 Å². The molecule has 4 N–H and O–H groups in total. The predicted molar refractivity (Wildman–Crippen MR) is 99.7 cm³/mol. The van der Waals surface area contributed by atoms with Gasteiger partial charge in [-0.3, -0.25) is 0 Å². The Morgan fingerprint density at radius 2 is 0.773 bits per heavy atom. The van der Waals surface area contributed by atoms with Crippen molar-refractivity contribution >= 4 is 0 Å². The fourth-order valence-electron chi connectivity index (χ4n) is 2.10. The molecule has 0 aromatic heterocycles. The molecule has 134 valence electrons. The quantitative estimate of drug-likeness (QED) is 0.395. The average molecular weight is 315 g/mol. The number of unbranched alkanes of at least 4 members (excludes halogenated alkanes) is 1. The van der Waals surface area contributed by atoms with Gasteiger partial charge in [-0.25, -0.2) is 0 Å². The van der Waals surface area contributed by atoms with Gasteiger partial charge in [0.1, 0.15) is 0 Å². The third kappa shape index (κ3) is 19.8. The second-order valence-corrected chi connectivity index (χ2v) is 8.27. The highest BCUT2D eigenvalue weighted by Gasteiger charge is 2.07. The summed E-state index contributed by atoms with van der Waals surface area (Å²) in [5.74, 6) is 0. The first-order valence-electron chi connectivity index (χ1n) is 9.12. The van der Waals surface area contributed by atoms with Gasteiger partial charge in [0.2, 0.25) is 0 Å². The van der Waals surface area contributed by atoms with Crippen LogP contribution >= 0.6 is 0 Å². The average Bonchev–Trinajstić information content (AvgIpc) is 2.36. The Bertz CT molecular complexity index is 214. The molecule has 0 aromatic carbocycles. The van der Waals surface area contributed by atoms with Gasteiger partial charge >= 0.3 is 0 Å². The standard InChI is InChI=1S/C18H42N4/c1-17(2,3)21-15-9-13-19-11-7-8-12-20-14-10-16-22-18(4,5)6/h19-22H,7-16H2,1-6H3. The maximum absolute atomic E-state index is 3.52. The van der Waals surface area contributed by atoms with Crippen LogP contribution in [0.2, 0.25) is 0 Å². The molecule has 0 fully saturated rings. The first-order valence-corrected chi connectivity index (χ1v) is 9.12. The molecule has 0 saturated heterocycles. The summed E-state index contributed by atoms with van der Waals surface area (Å²) in [5, 5.41) is 14.1. The highest BCUT2D eigenvalue weighted by Crippen LogP contribution is 1.98. The van der Waals surface area contributed by atoms with Crippen molar-refractivity contribution in [1.29, 1.82) is 0 Å². The van der Waals surface area contributed by atoms with Gasteiger partial charge in [-0.05, 0) is 106 Å². The molecule has 0 amide bonds. The van der Waals surface area contributed by atoms with Crippen molar-refractivity contribution in [3.05, 3.63) is 0 Å². The number of hydrogen-bond donors (Lipinski definition) is 4. The minimum Gasteiger partial charge on any atom is -0.317 e. The Balaban J connectivity index is 3.09. The SMILES string of the molecule is CC(C)(C)NCCCNCCCCNCCCNC(C)(C)C. The molecule has 0 radical (unpaired) electrons. The summed E-state index contributed by atoms with van der Waals surface area (Å²) in [6.07, 6.45) is 4.94. The summed E-state index contributed by atoms with van der Waals surface area (Å²) in [6, 6.07) is 0. The Morgan fingerprint density at radius 1 is 0.455 bits per heavy atom. The van der Waals surface area contributed by atoms with Crippen LogP contribution in [0.1, 0.15) is 67.2 Å². The molecule has 0 bridgehead atoms. The Morgan fingerprint density at radius 3 is 1.09 bits per heavy atom. The maximum atomic E-state index is 3.52. The molecule has 0 unspecified atom stereocenters. The zero-order valence-electron chi connectivity index (χ0n) is 16.1. The van der Waals surface area contributed by atoms with Gasteiger partial charge in [-0.2, -0.15) is 0 Å². The molecule has 0 aliphatic carbocycles. The Kier molecular flexibility index (Phi) is 12.2. The van der Waals surface area contributed by atoms with Crippen molar-refractivity contribution in [2.75, 3.05) is 39.3 Å². The van der Waals surface area contributed by atoms with Crippen LogP contribution < -0.4 is 21.3 Å². The zero-order chi connectivity index (χ0) is 16.9. The van der Waals surface area contributed by atoms with Crippen LogP contribution in [-0.2, 0) is 0 Å². The first kappa shape index (κ1) is 21.8. The van der Waals surface area contributed by atoms with Crippen LogP contribution in [0.4, 0.5) is 0 Å². The summed E-state index contributed by atoms with van der Waals surface area (Å²) in [5.41, 5.74) is 0.488.